The average molecular weight is 354 g/mol. The van der Waals surface area contributed by atoms with Gasteiger partial charge in [0, 0.05) is 29.4 Å². The van der Waals surface area contributed by atoms with Crippen molar-refractivity contribution in [3.63, 3.8) is 0 Å². The first-order chi connectivity index (χ1) is 12.3. The van der Waals surface area contributed by atoms with Crippen molar-refractivity contribution in [2.45, 2.75) is 26.4 Å². The van der Waals surface area contributed by atoms with Crippen LogP contribution >= 0.6 is 0 Å². The van der Waals surface area contributed by atoms with Crippen molar-refractivity contribution in [2.75, 3.05) is 5.32 Å². The highest BCUT2D eigenvalue weighted by Gasteiger charge is 2.07. The first-order valence-corrected chi connectivity index (χ1v) is 8.19. The third-order valence-electron chi connectivity index (χ3n) is 3.52. The van der Waals surface area contributed by atoms with Gasteiger partial charge in [0.05, 0.1) is 0 Å². The third-order valence-corrected chi connectivity index (χ3v) is 3.52. The quantitative estimate of drug-likeness (QED) is 0.638. The van der Waals surface area contributed by atoms with Gasteiger partial charge in [0.25, 0.3) is 5.91 Å². The zero-order valence-electron chi connectivity index (χ0n) is 14.7. The Hall–Kier alpha value is -3.35. The molecule has 0 aromatic heterocycles. The van der Waals surface area contributed by atoms with Gasteiger partial charge in [-0.05, 0) is 55.8 Å². The minimum absolute atomic E-state index is 0.0570. The summed E-state index contributed by atoms with van der Waals surface area (Å²) in [6.07, 6.45) is 0. The van der Waals surface area contributed by atoms with Gasteiger partial charge in [-0.2, -0.15) is 0 Å². The van der Waals surface area contributed by atoms with Crippen LogP contribution < -0.4 is 21.7 Å². The van der Waals surface area contributed by atoms with Crippen LogP contribution in [-0.4, -0.2) is 23.9 Å². The van der Waals surface area contributed by atoms with Crippen molar-refractivity contribution >= 4 is 23.5 Å². The molecule has 0 spiro atoms. The molecule has 4 amide bonds. The maximum absolute atomic E-state index is 12.1. The molecule has 0 unspecified atom stereocenters. The molecule has 0 aliphatic carbocycles. The Morgan fingerprint density at radius 1 is 0.923 bits per heavy atom. The molecule has 0 saturated heterocycles. The summed E-state index contributed by atoms with van der Waals surface area (Å²) in [6.45, 7) is 4.11. The summed E-state index contributed by atoms with van der Waals surface area (Å²) in [6, 6.07) is 13.1. The first-order valence-electron chi connectivity index (χ1n) is 8.19. The van der Waals surface area contributed by atoms with E-state index in [9.17, 15) is 14.4 Å². The lowest BCUT2D eigenvalue weighted by molar-refractivity contribution is 0.0948. The number of carbonyl (C=O) groups is 3. The highest BCUT2D eigenvalue weighted by atomic mass is 16.2. The minimum Gasteiger partial charge on any atom is -0.366 e. The minimum atomic E-state index is -0.535. The van der Waals surface area contributed by atoms with Crippen LogP contribution in [0.4, 0.5) is 10.5 Å². The Balaban J connectivity index is 1.88. The molecule has 5 N–H and O–H groups in total. The van der Waals surface area contributed by atoms with E-state index in [0.717, 1.165) is 5.56 Å². The van der Waals surface area contributed by atoms with Crippen molar-refractivity contribution in [1.29, 1.82) is 0 Å². The Morgan fingerprint density at radius 2 is 1.50 bits per heavy atom. The molecule has 136 valence electrons. The van der Waals surface area contributed by atoms with Crippen LogP contribution in [0.25, 0.3) is 0 Å². The first kappa shape index (κ1) is 19.0. The number of urea groups is 1. The van der Waals surface area contributed by atoms with Gasteiger partial charge in [-0.3, -0.25) is 9.59 Å². The lowest BCUT2D eigenvalue weighted by atomic mass is 10.1. The monoisotopic (exact) mass is 354 g/mol. The van der Waals surface area contributed by atoms with E-state index in [-0.39, 0.29) is 18.0 Å². The molecule has 0 saturated carbocycles. The molecule has 0 atom stereocenters. The van der Waals surface area contributed by atoms with Gasteiger partial charge >= 0.3 is 6.03 Å². The number of amides is 4. The van der Waals surface area contributed by atoms with Crippen LogP contribution in [0.3, 0.4) is 0 Å². The van der Waals surface area contributed by atoms with E-state index >= 15 is 0 Å². The van der Waals surface area contributed by atoms with Gasteiger partial charge in [-0.1, -0.05) is 12.1 Å². The molecule has 0 radical (unpaired) electrons. The average Bonchev–Trinajstić information content (AvgIpc) is 2.60. The molecular formula is C19H22N4O3. The molecule has 0 bridgehead atoms. The summed E-state index contributed by atoms with van der Waals surface area (Å²) >= 11 is 0. The Morgan fingerprint density at radius 3 is 2.04 bits per heavy atom. The fourth-order valence-corrected chi connectivity index (χ4v) is 2.21. The van der Waals surface area contributed by atoms with Crippen molar-refractivity contribution < 1.29 is 14.4 Å². The number of nitrogens with two attached hydrogens (primary N) is 1. The van der Waals surface area contributed by atoms with E-state index < -0.39 is 5.91 Å². The van der Waals surface area contributed by atoms with E-state index in [4.69, 9.17) is 5.73 Å². The highest BCUT2D eigenvalue weighted by Crippen LogP contribution is 2.10. The van der Waals surface area contributed by atoms with Gasteiger partial charge in [0.2, 0.25) is 5.91 Å². The largest absolute Gasteiger partial charge is 0.366 e. The van der Waals surface area contributed by atoms with E-state index in [1.54, 1.807) is 24.3 Å². The summed E-state index contributed by atoms with van der Waals surface area (Å²) in [7, 11) is 0. The molecule has 0 aliphatic rings. The third kappa shape index (κ3) is 5.62. The normalized spacial score (nSPS) is 10.3. The van der Waals surface area contributed by atoms with Crippen molar-refractivity contribution in [3.05, 3.63) is 65.2 Å². The second-order valence-electron chi connectivity index (χ2n) is 6.07. The van der Waals surface area contributed by atoms with Crippen LogP contribution in [0.2, 0.25) is 0 Å². The maximum atomic E-state index is 12.1. The highest BCUT2D eigenvalue weighted by molar-refractivity contribution is 5.97. The fourth-order valence-electron chi connectivity index (χ4n) is 2.21. The fraction of sp³-hybridized carbons (Fsp3) is 0.211. The second kappa shape index (κ2) is 8.66. The van der Waals surface area contributed by atoms with Crippen LogP contribution in [0.1, 0.15) is 40.1 Å². The summed E-state index contributed by atoms with van der Waals surface area (Å²) in [5, 5.41) is 8.26. The number of nitrogens with one attached hydrogen (secondary N) is 3. The molecule has 2 aromatic carbocycles. The number of rotatable bonds is 6. The number of hydrogen-bond acceptors (Lipinski definition) is 3. The number of carbonyl (C=O) groups excluding carboxylic acids is 3. The van der Waals surface area contributed by atoms with E-state index in [1.165, 1.54) is 12.1 Å². The van der Waals surface area contributed by atoms with Crippen LogP contribution in [0, 0.1) is 0 Å². The van der Waals surface area contributed by atoms with E-state index in [1.807, 2.05) is 26.0 Å². The molecule has 7 heteroatoms. The number of primary amides is 1. The zero-order chi connectivity index (χ0) is 19.1. The standard InChI is InChI=1S/C19H22N4O3/c1-12(2)22-19(26)23-16-9-3-13(4-10-16)11-21-18(25)15-7-5-14(6-8-15)17(20)24/h3-10,12H,11H2,1-2H3,(H2,20,24)(H,21,25)(H2,22,23,26). The maximum Gasteiger partial charge on any atom is 0.319 e. The van der Waals surface area contributed by atoms with Gasteiger partial charge in [0.15, 0.2) is 0 Å². The van der Waals surface area contributed by atoms with Crippen molar-refractivity contribution in [3.8, 4) is 0 Å². The number of anilines is 1. The lowest BCUT2D eigenvalue weighted by Gasteiger charge is -2.11. The smallest absolute Gasteiger partial charge is 0.319 e. The van der Waals surface area contributed by atoms with Crippen LogP contribution in [0.5, 0.6) is 0 Å². The Bertz CT molecular complexity index is 783. The molecule has 0 fully saturated rings. The SMILES string of the molecule is CC(C)NC(=O)Nc1ccc(CNC(=O)c2ccc(C(N)=O)cc2)cc1. The Kier molecular flexibility index (Phi) is 6.32. The van der Waals surface area contributed by atoms with Gasteiger partial charge in [-0.15, -0.1) is 0 Å². The lowest BCUT2D eigenvalue weighted by Crippen LogP contribution is -2.34. The Labute approximate surface area is 152 Å². The van der Waals surface area contributed by atoms with Crippen LogP contribution in [0.15, 0.2) is 48.5 Å². The van der Waals surface area contributed by atoms with Crippen LogP contribution in [-0.2, 0) is 6.54 Å². The predicted molar refractivity (Wildman–Crippen MR) is 99.9 cm³/mol. The van der Waals surface area contributed by atoms with Crippen molar-refractivity contribution in [1.82, 2.24) is 10.6 Å². The summed E-state index contributed by atoms with van der Waals surface area (Å²) in [5.74, 6) is -0.785. The molecule has 0 aliphatic heterocycles. The molecule has 0 heterocycles. The molecule has 7 nitrogen and oxygen atoms in total. The van der Waals surface area contributed by atoms with Gasteiger partial charge in [0.1, 0.15) is 0 Å². The molecule has 2 aromatic rings. The topological polar surface area (TPSA) is 113 Å². The van der Waals surface area contributed by atoms with E-state index in [0.29, 0.717) is 23.4 Å². The molecule has 2 rings (SSSR count). The van der Waals surface area contributed by atoms with E-state index in [2.05, 4.69) is 16.0 Å². The van der Waals surface area contributed by atoms with Gasteiger partial charge < -0.3 is 21.7 Å². The number of benzene rings is 2. The number of hydrogen-bond donors (Lipinski definition) is 4. The van der Waals surface area contributed by atoms with Crippen molar-refractivity contribution in [2.24, 2.45) is 5.73 Å². The van der Waals surface area contributed by atoms with Gasteiger partial charge in [-0.25, -0.2) is 4.79 Å². The predicted octanol–water partition coefficient (Wildman–Crippen LogP) is 2.25. The summed E-state index contributed by atoms with van der Waals surface area (Å²) < 4.78 is 0. The molecule has 26 heavy (non-hydrogen) atoms. The zero-order valence-corrected chi connectivity index (χ0v) is 14.7. The summed E-state index contributed by atoms with van der Waals surface area (Å²) in [4.78, 5) is 34.8. The summed E-state index contributed by atoms with van der Waals surface area (Å²) in [5.41, 5.74) is 7.52. The second-order valence-corrected chi connectivity index (χ2v) is 6.07. The molecular weight excluding hydrogens is 332 g/mol.